The maximum atomic E-state index is 5.01. The van der Waals surface area contributed by atoms with E-state index in [1.807, 2.05) is 24.5 Å². The first-order valence-corrected chi connectivity index (χ1v) is 18.2. The zero-order chi connectivity index (χ0) is 36.6. The van der Waals surface area contributed by atoms with Gasteiger partial charge in [0.1, 0.15) is 12.7 Å². The number of pyridine rings is 1. The average molecular weight is 708 g/mol. The number of hydrogen-bond acceptors (Lipinski definition) is 6. The molecule has 9 aromatic rings. The number of fused-ring (bicyclic) bond motifs is 3. The molecule has 5 aromatic carbocycles. The first-order valence-electron chi connectivity index (χ1n) is 18.2. The second kappa shape index (κ2) is 13.8. The molecule has 1 aliphatic rings. The summed E-state index contributed by atoms with van der Waals surface area (Å²) >= 11 is 0. The topological polar surface area (TPSA) is 81.4 Å². The number of allylic oxidation sites excluding steroid dienone is 2. The van der Waals surface area contributed by atoms with Crippen molar-refractivity contribution in [2.75, 3.05) is 0 Å². The van der Waals surface area contributed by atoms with Crippen molar-refractivity contribution >= 4 is 27.5 Å². The van der Waals surface area contributed by atoms with Crippen molar-refractivity contribution in [3.63, 3.8) is 0 Å². The fourth-order valence-electron chi connectivity index (χ4n) is 7.57. The van der Waals surface area contributed by atoms with E-state index in [-0.39, 0.29) is 6.04 Å². The lowest BCUT2D eigenvalue weighted by molar-refractivity contribution is 0.763. The zero-order valence-electron chi connectivity index (χ0n) is 29.7. The van der Waals surface area contributed by atoms with Crippen LogP contribution < -0.4 is 5.32 Å². The molecule has 0 saturated carbocycles. The number of para-hydroxylation sites is 2. The summed E-state index contributed by atoms with van der Waals surface area (Å²) in [5.74, 6) is 0. The van der Waals surface area contributed by atoms with Gasteiger partial charge in [0.2, 0.25) is 0 Å². The SMILES string of the molecule is C1=CC(c2cccc(-c3cc(-c4cccc(-c5cccc(-c6cncnc6)n5)c4)cc(-n4c5ccccc5c5ccccc54)c3)c2)NC(c2cncnc2)=C1. The molecular weight excluding hydrogens is 675 g/mol. The summed E-state index contributed by atoms with van der Waals surface area (Å²) in [6.45, 7) is 0. The molecule has 55 heavy (non-hydrogen) atoms. The second-order valence-corrected chi connectivity index (χ2v) is 13.6. The molecule has 0 aliphatic carbocycles. The highest BCUT2D eigenvalue weighted by Crippen LogP contribution is 2.38. The normalized spacial score (nSPS) is 13.8. The standard InChI is InChI=1S/C48H33N7/c1-3-19-47-41(13-1)42-14-2-4-20-48(42)55(47)40-24-36(32-9-5-11-34(21-32)43-15-7-17-45(53-43)38-26-49-30-50-27-38)23-37(25-40)33-10-6-12-35(22-33)44-16-8-18-46(54-44)39-28-51-31-52-29-39/h1-31,43,53H. The van der Waals surface area contributed by atoms with E-state index in [0.717, 1.165) is 67.3 Å². The molecule has 0 bridgehead atoms. The van der Waals surface area contributed by atoms with Crippen molar-refractivity contribution in [3.05, 3.63) is 200 Å². The van der Waals surface area contributed by atoms with Gasteiger partial charge in [0, 0.05) is 63.6 Å². The van der Waals surface area contributed by atoms with E-state index in [1.54, 1.807) is 18.7 Å². The van der Waals surface area contributed by atoms with Crippen LogP contribution in [0.3, 0.4) is 0 Å². The summed E-state index contributed by atoms with van der Waals surface area (Å²) in [7, 11) is 0. The van der Waals surface area contributed by atoms with Crippen LogP contribution in [-0.4, -0.2) is 29.5 Å². The average Bonchev–Trinajstić information content (AvgIpc) is 3.61. The Labute approximate surface area is 318 Å². The summed E-state index contributed by atoms with van der Waals surface area (Å²) in [5, 5.41) is 6.15. The molecule has 1 N–H and O–H groups in total. The van der Waals surface area contributed by atoms with E-state index < -0.39 is 0 Å². The smallest absolute Gasteiger partial charge is 0.115 e. The van der Waals surface area contributed by atoms with Crippen LogP contribution in [0.5, 0.6) is 0 Å². The molecule has 1 atom stereocenters. The van der Waals surface area contributed by atoms with E-state index in [4.69, 9.17) is 4.98 Å². The quantitative estimate of drug-likeness (QED) is 0.178. The van der Waals surface area contributed by atoms with Crippen LogP contribution in [0.2, 0.25) is 0 Å². The Kier molecular flexibility index (Phi) is 8.07. The van der Waals surface area contributed by atoms with Gasteiger partial charge in [-0.15, -0.1) is 0 Å². The molecule has 0 fully saturated rings. The third-order valence-corrected chi connectivity index (χ3v) is 10.2. The summed E-state index contributed by atoms with van der Waals surface area (Å²) in [4.78, 5) is 21.9. The monoisotopic (exact) mass is 707 g/mol. The van der Waals surface area contributed by atoms with Gasteiger partial charge < -0.3 is 9.88 Å². The van der Waals surface area contributed by atoms with E-state index in [9.17, 15) is 0 Å². The van der Waals surface area contributed by atoms with Crippen LogP contribution in [-0.2, 0) is 0 Å². The first-order chi connectivity index (χ1) is 27.2. The lowest BCUT2D eigenvalue weighted by atomic mass is 9.94. The van der Waals surface area contributed by atoms with Crippen LogP contribution in [0.4, 0.5) is 0 Å². The van der Waals surface area contributed by atoms with Crippen molar-refractivity contribution in [1.82, 2.24) is 34.8 Å². The first kappa shape index (κ1) is 32.2. The lowest BCUT2D eigenvalue weighted by Crippen LogP contribution is -2.20. The van der Waals surface area contributed by atoms with Crippen molar-refractivity contribution < 1.29 is 0 Å². The lowest BCUT2D eigenvalue weighted by Gasteiger charge is -2.23. The highest BCUT2D eigenvalue weighted by atomic mass is 15.0. The predicted octanol–water partition coefficient (Wildman–Crippen LogP) is 10.7. The third-order valence-electron chi connectivity index (χ3n) is 10.2. The largest absolute Gasteiger partial charge is 0.374 e. The molecule has 10 rings (SSSR count). The molecule has 0 amide bonds. The number of rotatable bonds is 7. The van der Waals surface area contributed by atoms with Crippen molar-refractivity contribution in [2.24, 2.45) is 0 Å². The summed E-state index contributed by atoms with van der Waals surface area (Å²) in [5.41, 5.74) is 14.6. The van der Waals surface area contributed by atoms with Gasteiger partial charge in [0.05, 0.1) is 28.5 Å². The highest BCUT2D eigenvalue weighted by Gasteiger charge is 2.18. The van der Waals surface area contributed by atoms with Crippen LogP contribution >= 0.6 is 0 Å². The Morgan fingerprint density at radius 1 is 0.473 bits per heavy atom. The van der Waals surface area contributed by atoms with Gasteiger partial charge in [-0.25, -0.2) is 24.9 Å². The van der Waals surface area contributed by atoms with Gasteiger partial charge in [-0.3, -0.25) is 0 Å². The summed E-state index contributed by atoms with van der Waals surface area (Å²) < 4.78 is 2.39. The number of aromatic nitrogens is 6. The Morgan fingerprint density at radius 3 is 1.75 bits per heavy atom. The fraction of sp³-hybridized carbons (Fsp3) is 0.0208. The number of benzene rings is 5. The third kappa shape index (κ3) is 6.13. The van der Waals surface area contributed by atoms with Gasteiger partial charge in [-0.05, 0) is 88.5 Å². The van der Waals surface area contributed by atoms with Crippen LogP contribution in [0.15, 0.2) is 189 Å². The molecule has 0 saturated heterocycles. The minimum Gasteiger partial charge on any atom is -0.374 e. The Hall–Kier alpha value is -7.51. The van der Waals surface area contributed by atoms with E-state index in [2.05, 4.69) is 169 Å². The summed E-state index contributed by atoms with van der Waals surface area (Å²) in [6.07, 6.45) is 16.7. The van der Waals surface area contributed by atoms with Gasteiger partial charge in [0.25, 0.3) is 0 Å². The number of nitrogens with zero attached hydrogens (tertiary/aromatic N) is 6. The fourth-order valence-corrected chi connectivity index (χ4v) is 7.57. The zero-order valence-corrected chi connectivity index (χ0v) is 29.7. The van der Waals surface area contributed by atoms with Gasteiger partial charge in [0.15, 0.2) is 0 Å². The van der Waals surface area contributed by atoms with Gasteiger partial charge in [-0.1, -0.05) is 91.0 Å². The van der Waals surface area contributed by atoms with Crippen LogP contribution in [0, 0.1) is 0 Å². The molecule has 4 aromatic heterocycles. The maximum Gasteiger partial charge on any atom is 0.115 e. The minimum atomic E-state index is -0.0115. The highest BCUT2D eigenvalue weighted by molar-refractivity contribution is 6.09. The molecular formula is C48H33N7. The summed E-state index contributed by atoms with van der Waals surface area (Å²) in [6, 6.07) is 47.8. The Morgan fingerprint density at radius 2 is 1.04 bits per heavy atom. The van der Waals surface area contributed by atoms with E-state index in [0.29, 0.717) is 0 Å². The molecule has 0 radical (unpaired) electrons. The molecule has 260 valence electrons. The second-order valence-electron chi connectivity index (χ2n) is 13.6. The van der Waals surface area contributed by atoms with Gasteiger partial charge in [-0.2, -0.15) is 0 Å². The number of dihydropyridines is 1. The van der Waals surface area contributed by atoms with Crippen LogP contribution in [0.1, 0.15) is 17.2 Å². The van der Waals surface area contributed by atoms with Crippen molar-refractivity contribution in [1.29, 1.82) is 0 Å². The van der Waals surface area contributed by atoms with Crippen LogP contribution in [0.25, 0.3) is 78.0 Å². The van der Waals surface area contributed by atoms with E-state index >= 15 is 0 Å². The Bertz CT molecular complexity index is 2860. The number of hydrogen-bond donors (Lipinski definition) is 1. The number of nitrogens with one attached hydrogen (secondary N) is 1. The maximum absolute atomic E-state index is 5.01. The Balaban J connectivity index is 1.11. The molecule has 7 heteroatoms. The minimum absolute atomic E-state index is 0.0115. The predicted molar refractivity (Wildman–Crippen MR) is 221 cm³/mol. The molecule has 1 aliphatic heterocycles. The van der Waals surface area contributed by atoms with E-state index in [1.165, 1.54) is 28.1 Å². The van der Waals surface area contributed by atoms with Crippen molar-refractivity contribution in [2.45, 2.75) is 6.04 Å². The van der Waals surface area contributed by atoms with Gasteiger partial charge >= 0.3 is 0 Å². The molecule has 7 nitrogen and oxygen atoms in total. The molecule has 1 unspecified atom stereocenters. The van der Waals surface area contributed by atoms with Crippen molar-refractivity contribution in [3.8, 4) is 50.5 Å². The molecule has 0 spiro atoms. The molecule has 5 heterocycles.